The van der Waals surface area contributed by atoms with Crippen molar-refractivity contribution in [3.05, 3.63) is 0 Å². The fourth-order valence-electron chi connectivity index (χ4n) is 1.97. The number of nitrogens with zero attached hydrogens (tertiary/aromatic N) is 1. The fourth-order valence-corrected chi connectivity index (χ4v) is 1.97. The van der Waals surface area contributed by atoms with Gasteiger partial charge in [-0.3, -0.25) is 4.90 Å². The lowest BCUT2D eigenvalue weighted by Gasteiger charge is -2.26. The van der Waals surface area contributed by atoms with Crippen LogP contribution in [-0.4, -0.2) is 64.2 Å². The van der Waals surface area contributed by atoms with Gasteiger partial charge in [0.15, 0.2) is 0 Å². The van der Waals surface area contributed by atoms with Gasteiger partial charge in [0.2, 0.25) is 0 Å². The molecule has 18 heavy (non-hydrogen) atoms. The van der Waals surface area contributed by atoms with E-state index in [4.69, 9.17) is 14.2 Å². The molecule has 0 atom stereocenters. The van der Waals surface area contributed by atoms with Crippen molar-refractivity contribution in [2.24, 2.45) is 0 Å². The molecule has 1 rings (SSSR count). The largest absolute Gasteiger partial charge is 0.379 e. The molecular weight excluding hydrogens is 230 g/mol. The summed E-state index contributed by atoms with van der Waals surface area (Å²) in [5.41, 5.74) is 0. The van der Waals surface area contributed by atoms with Crippen LogP contribution in [0.5, 0.6) is 0 Å². The molecule has 0 aromatic rings. The van der Waals surface area contributed by atoms with Gasteiger partial charge in [-0.25, -0.2) is 0 Å². The zero-order valence-corrected chi connectivity index (χ0v) is 11.9. The lowest BCUT2D eigenvalue weighted by atomic mass is 10.2. The Hall–Kier alpha value is -0.160. The minimum Gasteiger partial charge on any atom is -0.379 e. The topological polar surface area (TPSA) is 30.9 Å². The van der Waals surface area contributed by atoms with Crippen molar-refractivity contribution in [1.82, 2.24) is 4.90 Å². The molecular formula is C14H29NO3. The summed E-state index contributed by atoms with van der Waals surface area (Å²) in [5, 5.41) is 0. The maximum absolute atomic E-state index is 5.56. The highest BCUT2D eigenvalue weighted by molar-refractivity contribution is 4.60. The minimum atomic E-state index is 0.720. The van der Waals surface area contributed by atoms with E-state index in [1.807, 2.05) is 0 Å². The van der Waals surface area contributed by atoms with Crippen LogP contribution < -0.4 is 0 Å². The Kier molecular flexibility index (Phi) is 10.5. The van der Waals surface area contributed by atoms with Crippen molar-refractivity contribution >= 4 is 0 Å². The van der Waals surface area contributed by atoms with Crippen LogP contribution in [0.25, 0.3) is 0 Å². The number of ether oxygens (including phenoxy) is 3. The highest BCUT2D eigenvalue weighted by Gasteiger charge is 2.08. The van der Waals surface area contributed by atoms with E-state index in [0.29, 0.717) is 0 Å². The van der Waals surface area contributed by atoms with E-state index in [2.05, 4.69) is 11.8 Å². The van der Waals surface area contributed by atoms with E-state index in [0.717, 1.165) is 59.3 Å². The summed E-state index contributed by atoms with van der Waals surface area (Å²) in [7, 11) is 0. The van der Waals surface area contributed by atoms with E-state index in [1.54, 1.807) is 0 Å². The molecule has 0 aromatic carbocycles. The first-order valence-corrected chi connectivity index (χ1v) is 7.39. The second-order valence-corrected chi connectivity index (χ2v) is 4.74. The van der Waals surface area contributed by atoms with Crippen molar-refractivity contribution in [1.29, 1.82) is 0 Å². The summed E-state index contributed by atoms with van der Waals surface area (Å²) < 4.78 is 16.4. The molecule has 0 saturated carbocycles. The van der Waals surface area contributed by atoms with Crippen LogP contribution in [0.15, 0.2) is 0 Å². The summed E-state index contributed by atoms with van der Waals surface area (Å²) in [6, 6.07) is 0. The Labute approximate surface area is 112 Å². The normalized spacial score (nSPS) is 17.2. The van der Waals surface area contributed by atoms with Gasteiger partial charge in [0.25, 0.3) is 0 Å². The fraction of sp³-hybridized carbons (Fsp3) is 1.00. The van der Waals surface area contributed by atoms with E-state index in [-0.39, 0.29) is 0 Å². The second kappa shape index (κ2) is 11.9. The third-order valence-corrected chi connectivity index (χ3v) is 3.17. The number of hydrogen-bond donors (Lipinski definition) is 0. The Morgan fingerprint density at radius 3 is 2.33 bits per heavy atom. The SMILES string of the molecule is CCCCCCOCCOCCN1CCOCC1. The number of unbranched alkanes of at least 4 members (excludes halogenated alkanes) is 3. The van der Waals surface area contributed by atoms with Crippen molar-refractivity contribution in [3.63, 3.8) is 0 Å². The Bertz CT molecular complexity index is 172. The zero-order chi connectivity index (χ0) is 12.9. The maximum Gasteiger partial charge on any atom is 0.0701 e. The van der Waals surface area contributed by atoms with E-state index in [9.17, 15) is 0 Å². The summed E-state index contributed by atoms with van der Waals surface area (Å²) in [5.74, 6) is 0. The molecule has 1 saturated heterocycles. The first-order chi connectivity index (χ1) is 8.93. The van der Waals surface area contributed by atoms with Gasteiger partial charge in [-0.15, -0.1) is 0 Å². The third kappa shape index (κ3) is 8.86. The van der Waals surface area contributed by atoms with Gasteiger partial charge in [0.1, 0.15) is 0 Å². The standard InChI is InChI=1S/C14H29NO3/c1-2-3-4-5-9-16-13-14-18-12-8-15-6-10-17-11-7-15/h2-14H2,1H3. The molecule has 0 amide bonds. The summed E-state index contributed by atoms with van der Waals surface area (Å²) in [6.45, 7) is 10.2. The smallest absolute Gasteiger partial charge is 0.0701 e. The van der Waals surface area contributed by atoms with Crippen molar-refractivity contribution in [2.45, 2.75) is 32.6 Å². The molecule has 4 nitrogen and oxygen atoms in total. The predicted molar refractivity (Wildman–Crippen MR) is 73.0 cm³/mol. The molecule has 0 radical (unpaired) electrons. The van der Waals surface area contributed by atoms with E-state index >= 15 is 0 Å². The van der Waals surface area contributed by atoms with Crippen LogP contribution in [0.1, 0.15) is 32.6 Å². The van der Waals surface area contributed by atoms with Crippen molar-refractivity contribution < 1.29 is 14.2 Å². The molecule has 1 aliphatic heterocycles. The van der Waals surface area contributed by atoms with Crippen molar-refractivity contribution in [2.75, 3.05) is 59.3 Å². The van der Waals surface area contributed by atoms with Crippen molar-refractivity contribution in [3.8, 4) is 0 Å². The average molecular weight is 259 g/mol. The molecule has 0 N–H and O–H groups in total. The molecule has 1 fully saturated rings. The summed E-state index contributed by atoms with van der Waals surface area (Å²) >= 11 is 0. The predicted octanol–water partition coefficient (Wildman–Crippen LogP) is 1.93. The Morgan fingerprint density at radius 2 is 1.61 bits per heavy atom. The lowest BCUT2D eigenvalue weighted by molar-refractivity contribution is 0.00766. The van der Waals surface area contributed by atoms with Crippen LogP contribution in [-0.2, 0) is 14.2 Å². The van der Waals surface area contributed by atoms with Crippen LogP contribution in [0.3, 0.4) is 0 Å². The number of rotatable bonds is 11. The van der Waals surface area contributed by atoms with Gasteiger partial charge in [0.05, 0.1) is 33.0 Å². The maximum atomic E-state index is 5.56. The van der Waals surface area contributed by atoms with Crippen LogP contribution in [0.2, 0.25) is 0 Å². The van der Waals surface area contributed by atoms with Gasteiger partial charge >= 0.3 is 0 Å². The minimum absolute atomic E-state index is 0.720. The van der Waals surface area contributed by atoms with Crippen LogP contribution in [0.4, 0.5) is 0 Å². The monoisotopic (exact) mass is 259 g/mol. The highest BCUT2D eigenvalue weighted by Crippen LogP contribution is 1.99. The summed E-state index contributed by atoms with van der Waals surface area (Å²) in [6.07, 6.45) is 5.07. The van der Waals surface area contributed by atoms with Gasteiger partial charge < -0.3 is 14.2 Å². The molecule has 0 aliphatic carbocycles. The number of morpholine rings is 1. The third-order valence-electron chi connectivity index (χ3n) is 3.17. The van der Waals surface area contributed by atoms with Crippen LogP contribution in [0, 0.1) is 0 Å². The molecule has 108 valence electrons. The average Bonchev–Trinajstić information content (AvgIpc) is 2.42. The van der Waals surface area contributed by atoms with Crippen LogP contribution >= 0.6 is 0 Å². The molecule has 1 heterocycles. The first-order valence-electron chi connectivity index (χ1n) is 7.39. The zero-order valence-electron chi connectivity index (χ0n) is 11.9. The molecule has 0 bridgehead atoms. The van der Waals surface area contributed by atoms with Gasteiger partial charge in [0, 0.05) is 26.2 Å². The molecule has 0 spiro atoms. The Balaban J connectivity index is 1.73. The number of hydrogen-bond acceptors (Lipinski definition) is 4. The highest BCUT2D eigenvalue weighted by atomic mass is 16.5. The van der Waals surface area contributed by atoms with Gasteiger partial charge in [-0.1, -0.05) is 26.2 Å². The molecule has 4 heteroatoms. The van der Waals surface area contributed by atoms with E-state index < -0.39 is 0 Å². The summed E-state index contributed by atoms with van der Waals surface area (Å²) in [4.78, 5) is 2.38. The molecule has 0 aromatic heterocycles. The second-order valence-electron chi connectivity index (χ2n) is 4.74. The quantitative estimate of drug-likeness (QED) is 0.531. The molecule has 0 unspecified atom stereocenters. The van der Waals surface area contributed by atoms with Gasteiger partial charge in [-0.05, 0) is 6.42 Å². The lowest BCUT2D eigenvalue weighted by Crippen LogP contribution is -2.38. The molecule has 1 aliphatic rings. The Morgan fingerprint density at radius 1 is 0.889 bits per heavy atom. The van der Waals surface area contributed by atoms with E-state index in [1.165, 1.54) is 25.7 Å². The van der Waals surface area contributed by atoms with Gasteiger partial charge in [-0.2, -0.15) is 0 Å². The first kappa shape index (κ1) is 15.9.